The Labute approximate surface area is 156 Å². The summed E-state index contributed by atoms with van der Waals surface area (Å²) in [5.41, 5.74) is 2.57. The molecule has 6 heteroatoms. The zero-order chi connectivity index (χ0) is 19.0. The van der Waals surface area contributed by atoms with Crippen molar-refractivity contribution in [1.29, 1.82) is 0 Å². The Balaban J connectivity index is 1.74. The second-order valence-electron chi connectivity index (χ2n) is 6.64. The van der Waals surface area contributed by atoms with Crippen molar-refractivity contribution in [1.82, 2.24) is 0 Å². The van der Waals surface area contributed by atoms with Crippen LogP contribution in [-0.2, 0) is 11.2 Å². The number of rotatable bonds is 6. The van der Waals surface area contributed by atoms with Crippen LogP contribution in [0.5, 0.6) is 17.2 Å². The molecule has 1 N–H and O–H groups in total. The first-order chi connectivity index (χ1) is 13.0. The van der Waals surface area contributed by atoms with E-state index in [0.717, 1.165) is 22.3 Å². The lowest BCUT2D eigenvalue weighted by atomic mass is 9.87. The second-order valence-corrected chi connectivity index (χ2v) is 6.64. The Bertz CT molecular complexity index is 1000. The van der Waals surface area contributed by atoms with E-state index >= 15 is 0 Å². The topological polar surface area (TPSA) is 78.1 Å². The Kier molecular flexibility index (Phi) is 4.39. The fourth-order valence-corrected chi connectivity index (χ4v) is 3.61. The highest BCUT2D eigenvalue weighted by Gasteiger charge is 2.23. The minimum absolute atomic E-state index is 0.0140. The van der Waals surface area contributed by atoms with Crippen LogP contribution < -0.4 is 14.2 Å². The number of aryl methyl sites for hydroxylation is 1. The predicted molar refractivity (Wildman–Crippen MR) is 98.8 cm³/mol. The monoisotopic (exact) mass is 368 g/mol. The van der Waals surface area contributed by atoms with Crippen molar-refractivity contribution in [2.45, 2.75) is 25.7 Å². The van der Waals surface area contributed by atoms with E-state index in [4.69, 9.17) is 18.6 Å². The SMILES string of the molecule is COc1ccc(C(CC(=O)O)Cc2ccc3c(c2)OCO3)c2cc(C)oc12. The Morgan fingerprint density at radius 3 is 2.78 bits per heavy atom. The summed E-state index contributed by atoms with van der Waals surface area (Å²) in [6.45, 7) is 2.08. The molecule has 4 rings (SSSR count). The molecule has 0 bridgehead atoms. The molecule has 0 radical (unpaired) electrons. The summed E-state index contributed by atoms with van der Waals surface area (Å²) < 4.78 is 22.0. The van der Waals surface area contributed by atoms with Crippen LogP contribution in [-0.4, -0.2) is 25.0 Å². The van der Waals surface area contributed by atoms with Crippen molar-refractivity contribution in [2.24, 2.45) is 0 Å². The van der Waals surface area contributed by atoms with Crippen molar-refractivity contribution in [3.05, 3.63) is 53.3 Å². The number of hydrogen-bond donors (Lipinski definition) is 1. The van der Waals surface area contributed by atoms with Gasteiger partial charge in [0.1, 0.15) is 5.76 Å². The van der Waals surface area contributed by atoms with Gasteiger partial charge in [-0.15, -0.1) is 0 Å². The summed E-state index contributed by atoms with van der Waals surface area (Å²) in [6.07, 6.45) is 0.578. The summed E-state index contributed by atoms with van der Waals surface area (Å²) in [6, 6.07) is 11.4. The van der Waals surface area contributed by atoms with Gasteiger partial charge in [-0.3, -0.25) is 4.79 Å². The van der Waals surface area contributed by atoms with Crippen molar-refractivity contribution >= 4 is 16.9 Å². The highest BCUT2D eigenvalue weighted by Crippen LogP contribution is 2.39. The minimum Gasteiger partial charge on any atom is -0.493 e. The molecule has 1 aliphatic heterocycles. The molecule has 140 valence electrons. The third-order valence-electron chi connectivity index (χ3n) is 4.80. The average Bonchev–Trinajstić information content (AvgIpc) is 3.25. The lowest BCUT2D eigenvalue weighted by Crippen LogP contribution is -2.10. The van der Waals surface area contributed by atoms with Crippen molar-refractivity contribution in [3.63, 3.8) is 0 Å². The molecule has 0 saturated heterocycles. The Morgan fingerprint density at radius 2 is 2.00 bits per heavy atom. The molecule has 27 heavy (non-hydrogen) atoms. The molecule has 3 aromatic rings. The smallest absolute Gasteiger partial charge is 0.303 e. The van der Waals surface area contributed by atoms with Crippen LogP contribution in [0.3, 0.4) is 0 Å². The van der Waals surface area contributed by atoms with E-state index in [0.29, 0.717) is 29.3 Å². The first-order valence-corrected chi connectivity index (χ1v) is 8.72. The molecule has 2 aromatic carbocycles. The molecule has 6 nitrogen and oxygen atoms in total. The Morgan fingerprint density at radius 1 is 1.19 bits per heavy atom. The largest absolute Gasteiger partial charge is 0.493 e. The maximum atomic E-state index is 11.5. The summed E-state index contributed by atoms with van der Waals surface area (Å²) in [4.78, 5) is 11.5. The lowest BCUT2D eigenvalue weighted by molar-refractivity contribution is -0.137. The first-order valence-electron chi connectivity index (χ1n) is 8.72. The number of ether oxygens (including phenoxy) is 3. The molecule has 1 aromatic heterocycles. The van der Waals surface area contributed by atoms with Crippen molar-refractivity contribution < 1.29 is 28.5 Å². The van der Waals surface area contributed by atoms with Gasteiger partial charge < -0.3 is 23.7 Å². The van der Waals surface area contributed by atoms with Crippen molar-refractivity contribution in [3.8, 4) is 17.2 Å². The molecule has 1 unspecified atom stereocenters. The number of benzene rings is 2. The van der Waals surface area contributed by atoms with E-state index in [1.54, 1.807) is 7.11 Å². The zero-order valence-electron chi connectivity index (χ0n) is 15.2. The van der Waals surface area contributed by atoms with Gasteiger partial charge >= 0.3 is 5.97 Å². The summed E-state index contributed by atoms with van der Waals surface area (Å²) >= 11 is 0. The number of fused-ring (bicyclic) bond motifs is 2. The number of methoxy groups -OCH3 is 1. The van der Waals surface area contributed by atoms with E-state index in [-0.39, 0.29) is 19.1 Å². The molecular formula is C21H20O6. The molecule has 0 fully saturated rings. The molecular weight excluding hydrogens is 348 g/mol. The second kappa shape index (κ2) is 6.87. The van der Waals surface area contributed by atoms with Gasteiger partial charge in [-0.25, -0.2) is 0 Å². The molecule has 1 atom stereocenters. The van der Waals surface area contributed by atoms with Crippen LogP contribution in [0, 0.1) is 6.92 Å². The third kappa shape index (κ3) is 3.30. The minimum atomic E-state index is -0.843. The van der Waals surface area contributed by atoms with E-state index in [9.17, 15) is 9.90 Å². The fourth-order valence-electron chi connectivity index (χ4n) is 3.61. The van der Waals surface area contributed by atoms with Gasteiger partial charge in [0.25, 0.3) is 0 Å². The number of aliphatic carboxylic acids is 1. The van der Waals surface area contributed by atoms with Crippen LogP contribution in [0.15, 0.2) is 40.8 Å². The number of carboxylic acids is 1. The predicted octanol–water partition coefficient (Wildman–Crippen LogP) is 4.28. The van der Waals surface area contributed by atoms with Crippen molar-refractivity contribution in [2.75, 3.05) is 13.9 Å². The summed E-state index contributed by atoms with van der Waals surface area (Å²) in [7, 11) is 1.59. The normalized spacial score (nSPS) is 13.7. The van der Waals surface area contributed by atoms with Crippen LogP contribution in [0.2, 0.25) is 0 Å². The van der Waals surface area contributed by atoms with Crippen LogP contribution in [0.4, 0.5) is 0 Å². The molecule has 0 saturated carbocycles. The van der Waals surface area contributed by atoms with Crippen LogP contribution in [0.1, 0.15) is 29.2 Å². The Hall–Kier alpha value is -3.15. The quantitative estimate of drug-likeness (QED) is 0.700. The van der Waals surface area contributed by atoms with Crippen LogP contribution in [0.25, 0.3) is 11.0 Å². The number of carboxylic acid groups (broad SMARTS) is 1. The maximum absolute atomic E-state index is 11.5. The fraction of sp³-hybridized carbons (Fsp3) is 0.286. The molecule has 2 heterocycles. The van der Waals surface area contributed by atoms with E-state index in [1.165, 1.54) is 0 Å². The molecule has 1 aliphatic rings. The molecule has 0 spiro atoms. The van der Waals surface area contributed by atoms with Gasteiger partial charge in [0.2, 0.25) is 6.79 Å². The molecule has 0 aliphatic carbocycles. The van der Waals surface area contributed by atoms with Gasteiger partial charge in [-0.2, -0.15) is 0 Å². The van der Waals surface area contributed by atoms with Crippen LogP contribution >= 0.6 is 0 Å². The average molecular weight is 368 g/mol. The lowest BCUT2D eigenvalue weighted by Gasteiger charge is -2.17. The maximum Gasteiger partial charge on any atom is 0.303 e. The van der Waals surface area contributed by atoms with E-state index in [1.807, 2.05) is 43.3 Å². The highest BCUT2D eigenvalue weighted by atomic mass is 16.7. The third-order valence-corrected chi connectivity index (χ3v) is 4.80. The van der Waals surface area contributed by atoms with E-state index < -0.39 is 5.97 Å². The van der Waals surface area contributed by atoms with E-state index in [2.05, 4.69) is 0 Å². The summed E-state index contributed by atoms with van der Waals surface area (Å²) in [5.74, 6) is 1.75. The first kappa shape index (κ1) is 17.3. The summed E-state index contributed by atoms with van der Waals surface area (Å²) in [5, 5.41) is 10.4. The van der Waals surface area contributed by atoms with Gasteiger partial charge in [0.15, 0.2) is 22.8 Å². The number of carbonyl (C=O) groups is 1. The highest BCUT2D eigenvalue weighted by molar-refractivity contribution is 5.88. The van der Waals surface area contributed by atoms with Gasteiger partial charge in [0, 0.05) is 5.39 Å². The standard InChI is InChI=1S/C21H20O6/c1-12-7-16-15(4-6-18(24-2)21(16)27-12)14(10-20(22)23)8-13-3-5-17-19(9-13)26-11-25-17/h3-7,9,14H,8,10-11H2,1-2H3,(H,22,23). The molecule has 0 amide bonds. The van der Waals surface area contributed by atoms with Gasteiger partial charge in [0.05, 0.1) is 13.5 Å². The number of furan rings is 1. The number of hydrogen-bond acceptors (Lipinski definition) is 5. The van der Waals surface area contributed by atoms with Gasteiger partial charge in [-0.05, 0) is 54.7 Å². The van der Waals surface area contributed by atoms with Gasteiger partial charge in [-0.1, -0.05) is 12.1 Å². The zero-order valence-corrected chi connectivity index (χ0v) is 15.2.